The van der Waals surface area contributed by atoms with Gasteiger partial charge in [0.05, 0.1) is 21.7 Å². The number of sulfonamides is 1. The van der Waals surface area contributed by atoms with Crippen LogP contribution in [0.2, 0.25) is 5.02 Å². The summed E-state index contributed by atoms with van der Waals surface area (Å²) >= 11 is 5.93. The maximum Gasteiger partial charge on any atom is 0.416 e. The molecule has 4 rings (SSSR count). The van der Waals surface area contributed by atoms with E-state index in [0.29, 0.717) is 28.6 Å². The van der Waals surface area contributed by atoms with E-state index in [4.69, 9.17) is 16.3 Å². The van der Waals surface area contributed by atoms with Gasteiger partial charge in [0.1, 0.15) is 5.75 Å². The zero-order valence-electron chi connectivity index (χ0n) is 15.3. The summed E-state index contributed by atoms with van der Waals surface area (Å²) in [4.78, 5) is 12.2. The molecule has 31 heavy (non-hydrogen) atoms. The van der Waals surface area contributed by atoms with Crippen molar-refractivity contribution in [2.45, 2.75) is 11.1 Å². The highest BCUT2D eigenvalue weighted by atomic mass is 35.5. The van der Waals surface area contributed by atoms with Gasteiger partial charge in [0.25, 0.3) is 15.9 Å². The van der Waals surface area contributed by atoms with Crippen LogP contribution in [0, 0.1) is 0 Å². The van der Waals surface area contributed by atoms with Crippen molar-refractivity contribution in [3.05, 3.63) is 76.8 Å². The Hall–Kier alpha value is -3.24. The number of alkyl halides is 3. The van der Waals surface area contributed by atoms with E-state index in [2.05, 4.69) is 10.0 Å². The molecule has 11 heteroatoms. The first kappa shape index (κ1) is 21.0. The van der Waals surface area contributed by atoms with Gasteiger partial charge in [0.2, 0.25) is 0 Å². The van der Waals surface area contributed by atoms with E-state index < -0.39 is 27.7 Å². The molecule has 3 aromatic rings. The number of ether oxygens (including phenoxy) is 1. The number of carbonyl (C=O) groups excluding carboxylic acids is 1. The molecule has 0 unspecified atom stereocenters. The number of nitrogens with one attached hydrogen (secondary N) is 2. The highest BCUT2D eigenvalue weighted by molar-refractivity contribution is 7.92. The maximum absolute atomic E-state index is 12.7. The molecule has 0 spiro atoms. The Labute approximate surface area is 179 Å². The van der Waals surface area contributed by atoms with E-state index >= 15 is 0 Å². The minimum Gasteiger partial charge on any atom is -0.454 e. The third-order valence-corrected chi connectivity index (χ3v) is 6.01. The molecule has 0 atom stereocenters. The Morgan fingerprint density at radius 3 is 2.29 bits per heavy atom. The second kappa shape index (κ2) is 7.47. The fourth-order valence-corrected chi connectivity index (χ4v) is 4.12. The van der Waals surface area contributed by atoms with Gasteiger partial charge < -0.3 is 10.1 Å². The summed E-state index contributed by atoms with van der Waals surface area (Å²) in [6, 6.07) is 11.8. The number of anilines is 2. The standard InChI is InChI=1S/C20H12ClF3N2O4S/c21-12-3-7-18-16(9-12)25-19(27)15-10-13(4-8-17(15)30-18)26-31(28,29)14-5-1-11(2-6-14)20(22,23)24/h1-10,26H,(H,25,27). The van der Waals surface area contributed by atoms with Crippen molar-refractivity contribution in [3.63, 3.8) is 0 Å². The number of halogens is 4. The van der Waals surface area contributed by atoms with Crippen molar-refractivity contribution in [1.29, 1.82) is 0 Å². The van der Waals surface area contributed by atoms with Crippen LogP contribution in [0.25, 0.3) is 0 Å². The zero-order chi connectivity index (χ0) is 22.4. The van der Waals surface area contributed by atoms with Crippen molar-refractivity contribution < 1.29 is 31.1 Å². The van der Waals surface area contributed by atoms with Gasteiger partial charge in [0, 0.05) is 10.7 Å². The molecule has 1 heterocycles. The Morgan fingerprint density at radius 1 is 0.935 bits per heavy atom. The normalized spacial score (nSPS) is 13.4. The van der Waals surface area contributed by atoms with Gasteiger partial charge in [-0.2, -0.15) is 13.2 Å². The lowest BCUT2D eigenvalue weighted by Gasteiger charge is -2.12. The van der Waals surface area contributed by atoms with Gasteiger partial charge in [-0.15, -0.1) is 0 Å². The molecule has 1 aliphatic heterocycles. The van der Waals surface area contributed by atoms with E-state index in [0.717, 1.165) is 12.1 Å². The van der Waals surface area contributed by atoms with Crippen LogP contribution in [0.4, 0.5) is 24.5 Å². The van der Waals surface area contributed by atoms with E-state index in [1.165, 1.54) is 24.3 Å². The first-order valence-electron chi connectivity index (χ1n) is 8.66. The van der Waals surface area contributed by atoms with Crippen LogP contribution in [0.15, 0.2) is 65.6 Å². The molecule has 0 fully saturated rings. The van der Waals surface area contributed by atoms with Gasteiger partial charge in [0.15, 0.2) is 5.75 Å². The summed E-state index contributed by atoms with van der Waals surface area (Å²) in [6.45, 7) is 0. The van der Waals surface area contributed by atoms with Crippen molar-refractivity contribution in [2.24, 2.45) is 0 Å². The quantitative estimate of drug-likeness (QED) is 0.530. The van der Waals surface area contributed by atoms with Gasteiger partial charge in [-0.3, -0.25) is 9.52 Å². The number of fused-ring (bicyclic) bond motifs is 2. The molecule has 2 N–H and O–H groups in total. The first-order chi connectivity index (χ1) is 14.5. The minimum atomic E-state index is -4.58. The number of hydrogen-bond donors (Lipinski definition) is 2. The number of hydrogen-bond acceptors (Lipinski definition) is 4. The van der Waals surface area contributed by atoms with Crippen molar-refractivity contribution >= 4 is 38.9 Å². The summed E-state index contributed by atoms with van der Waals surface area (Å²) in [7, 11) is -4.20. The average molecular weight is 469 g/mol. The van der Waals surface area contributed by atoms with Crippen LogP contribution in [0.1, 0.15) is 15.9 Å². The summed E-state index contributed by atoms with van der Waals surface area (Å²) in [5.74, 6) is -0.00256. The molecular formula is C20H12ClF3N2O4S. The highest BCUT2D eigenvalue weighted by Gasteiger charge is 2.30. The summed E-state index contributed by atoms with van der Waals surface area (Å²) in [5.41, 5.74) is -0.535. The van der Waals surface area contributed by atoms with E-state index in [-0.39, 0.29) is 21.9 Å². The van der Waals surface area contributed by atoms with E-state index in [9.17, 15) is 26.4 Å². The molecule has 1 amide bonds. The Balaban J connectivity index is 1.62. The van der Waals surface area contributed by atoms with Gasteiger partial charge >= 0.3 is 6.18 Å². The van der Waals surface area contributed by atoms with E-state index in [1.54, 1.807) is 12.1 Å². The monoisotopic (exact) mass is 468 g/mol. The van der Waals surface area contributed by atoms with Crippen LogP contribution in [0.5, 0.6) is 11.5 Å². The fourth-order valence-electron chi connectivity index (χ4n) is 2.89. The largest absolute Gasteiger partial charge is 0.454 e. The summed E-state index contributed by atoms with van der Waals surface area (Å²) < 4.78 is 71.2. The van der Waals surface area contributed by atoms with Crippen LogP contribution in [-0.2, 0) is 16.2 Å². The predicted octanol–water partition coefficient (Wildman–Crippen LogP) is 5.52. The van der Waals surface area contributed by atoms with E-state index in [1.807, 2.05) is 0 Å². The molecule has 0 radical (unpaired) electrons. The molecular weight excluding hydrogens is 457 g/mol. The van der Waals surface area contributed by atoms with Crippen LogP contribution in [0.3, 0.4) is 0 Å². The zero-order valence-corrected chi connectivity index (χ0v) is 16.9. The molecule has 160 valence electrons. The van der Waals surface area contributed by atoms with Gasteiger partial charge in [-0.1, -0.05) is 11.6 Å². The lowest BCUT2D eigenvalue weighted by molar-refractivity contribution is -0.137. The number of rotatable bonds is 3. The van der Waals surface area contributed by atoms with Crippen LogP contribution < -0.4 is 14.8 Å². The smallest absolute Gasteiger partial charge is 0.416 e. The van der Waals surface area contributed by atoms with Crippen LogP contribution >= 0.6 is 11.6 Å². The first-order valence-corrected chi connectivity index (χ1v) is 10.5. The fraction of sp³-hybridized carbons (Fsp3) is 0.0500. The molecule has 0 aromatic heterocycles. The molecule has 0 aliphatic carbocycles. The third-order valence-electron chi connectivity index (χ3n) is 4.38. The second-order valence-corrected chi connectivity index (χ2v) is 8.65. The summed E-state index contributed by atoms with van der Waals surface area (Å²) in [6.07, 6.45) is -4.58. The number of benzene rings is 3. The number of carbonyl (C=O) groups is 1. The molecule has 6 nitrogen and oxygen atoms in total. The topological polar surface area (TPSA) is 84.5 Å². The van der Waals surface area contributed by atoms with Gasteiger partial charge in [-0.25, -0.2) is 8.42 Å². The average Bonchev–Trinajstić information content (AvgIpc) is 2.83. The Bertz CT molecular complexity index is 1290. The lowest BCUT2D eigenvalue weighted by atomic mass is 10.1. The van der Waals surface area contributed by atoms with Crippen molar-refractivity contribution in [3.8, 4) is 11.5 Å². The molecule has 0 saturated carbocycles. The number of amides is 1. The van der Waals surface area contributed by atoms with Crippen LogP contribution in [-0.4, -0.2) is 14.3 Å². The SMILES string of the molecule is O=C1Nc2cc(Cl)ccc2Oc2ccc(NS(=O)(=O)c3ccc(C(F)(F)F)cc3)cc21. The molecule has 0 saturated heterocycles. The Kier molecular flexibility index (Phi) is 5.06. The van der Waals surface area contributed by atoms with Crippen molar-refractivity contribution in [1.82, 2.24) is 0 Å². The van der Waals surface area contributed by atoms with Gasteiger partial charge in [-0.05, 0) is 60.7 Å². The third kappa shape index (κ3) is 4.30. The lowest BCUT2D eigenvalue weighted by Crippen LogP contribution is -2.15. The maximum atomic E-state index is 12.7. The second-order valence-electron chi connectivity index (χ2n) is 6.54. The Morgan fingerprint density at radius 2 is 1.61 bits per heavy atom. The summed E-state index contributed by atoms with van der Waals surface area (Å²) in [5, 5.41) is 3.02. The molecule has 0 bridgehead atoms. The minimum absolute atomic E-state index is 0.0291. The molecule has 1 aliphatic rings. The molecule has 3 aromatic carbocycles. The highest BCUT2D eigenvalue weighted by Crippen LogP contribution is 2.38. The predicted molar refractivity (Wildman–Crippen MR) is 108 cm³/mol. The van der Waals surface area contributed by atoms with Crippen molar-refractivity contribution in [2.75, 3.05) is 10.0 Å².